The Morgan fingerprint density at radius 2 is 1.40 bits per heavy atom. The molecule has 0 heterocycles. The second-order valence-corrected chi connectivity index (χ2v) is 4.66. The van der Waals surface area contributed by atoms with Crippen molar-refractivity contribution in [2.45, 2.75) is 65.2 Å². The first kappa shape index (κ1) is 14.5. The minimum atomic E-state index is 0.712. The summed E-state index contributed by atoms with van der Waals surface area (Å²) in [7, 11) is 0. The van der Waals surface area contributed by atoms with Crippen molar-refractivity contribution >= 4 is 0 Å². The molecular formula is C15H28. The predicted molar refractivity (Wildman–Crippen MR) is 71.1 cm³/mol. The molecule has 0 amide bonds. The van der Waals surface area contributed by atoms with Crippen molar-refractivity contribution in [3.05, 3.63) is 24.8 Å². The van der Waals surface area contributed by atoms with Gasteiger partial charge in [-0.1, -0.05) is 57.8 Å². The Labute approximate surface area is 96.5 Å². The SMILES string of the molecule is C=CCCCCCCCCC=CC(C)C. The molecule has 0 aliphatic carbocycles. The van der Waals surface area contributed by atoms with E-state index in [4.69, 9.17) is 0 Å². The lowest BCUT2D eigenvalue weighted by Gasteiger charge is -1.99. The van der Waals surface area contributed by atoms with Crippen LogP contribution < -0.4 is 0 Å². The number of unbranched alkanes of at least 4 members (excludes halogenated alkanes) is 7. The van der Waals surface area contributed by atoms with E-state index in [2.05, 4.69) is 32.6 Å². The normalized spacial score (nSPS) is 11.4. The summed E-state index contributed by atoms with van der Waals surface area (Å²) in [5.41, 5.74) is 0. The molecule has 0 aliphatic rings. The summed E-state index contributed by atoms with van der Waals surface area (Å²) in [5, 5.41) is 0. The molecule has 0 saturated heterocycles. The Balaban J connectivity index is 3.01. The highest BCUT2D eigenvalue weighted by Crippen LogP contribution is 2.09. The Bertz CT molecular complexity index is 153. The molecule has 0 aromatic carbocycles. The third-order valence-electron chi connectivity index (χ3n) is 2.55. The first-order chi connectivity index (χ1) is 7.27. The van der Waals surface area contributed by atoms with Gasteiger partial charge in [-0.15, -0.1) is 6.58 Å². The van der Waals surface area contributed by atoms with Crippen molar-refractivity contribution in [3.63, 3.8) is 0 Å². The van der Waals surface area contributed by atoms with Crippen LogP contribution in [0.1, 0.15) is 65.2 Å². The molecule has 0 fully saturated rings. The molecule has 0 heteroatoms. The van der Waals surface area contributed by atoms with E-state index in [1.165, 1.54) is 51.4 Å². The molecule has 0 nitrogen and oxygen atoms in total. The van der Waals surface area contributed by atoms with Crippen LogP contribution in [0.3, 0.4) is 0 Å². The standard InChI is InChI=1S/C15H28/c1-4-5-6-7-8-9-10-11-12-13-14-15(2)3/h4,13-15H,1,5-12H2,2-3H3. The molecular weight excluding hydrogens is 180 g/mol. The molecule has 0 aromatic heterocycles. The van der Waals surface area contributed by atoms with Crippen molar-refractivity contribution in [3.8, 4) is 0 Å². The molecule has 0 saturated carbocycles. The molecule has 0 unspecified atom stereocenters. The van der Waals surface area contributed by atoms with Gasteiger partial charge in [-0.25, -0.2) is 0 Å². The topological polar surface area (TPSA) is 0 Å². The molecule has 15 heavy (non-hydrogen) atoms. The van der Waals surface area contributed by atoms with Crippen molar-refractivity contribution < 1.29 is 0 Å². The van der Waals surface area contributed by atoms with Gasteiger partial charge in [-0.05, 0) is 31.6 Å². The average Bonchev–Trinajstić information content (AvgIpc) is 2.20. The van der Waals surface area contributed by atoms with Crippen LogP contribution in [0.2, 0.25) is 0 Å². The lowest BCUT2D eigenvalue weighted by molar-refractivity contribution is 0.599. The number of rotatable bonds is 10. The Hall–Kier alpha value is -0.520. The molecule has 0 N–H and O–H groups in total. The first-order valence-electron chi connectivity index (χ1n) is 6.55. The van der Waals surface area contributed by atoms with Crippen LogP contribution in [-0.4, -0.2) is 0 Å². The van der Waals surface area contributed by atoms with Gasteiger partial charge in [0.25, 0.3) is 0 Å². The van der Waals surface area contributed by atoms with Crippen molar-refractivity contribution in [2.24, 2.45) is 5.92 Å². The maximum Gasteiger partial charge on any atom is -0.0290 e. The van der Waals surface area contributed by atoms with E-state index in [0.717, 1.165) is 0 Å². The van der Waals surface area contributed by atoms with Gasteiger partial charge < -0.3 is 0 Å². The molecule has 88 valence electrons. The molecule has 0 radical (unpaired) electrons. The largest absolute Gasteiger partial charge is 0.103 e. The molecule has 0 aliphatic heterocycles. The Morgan fingerprint density at radius 1 is 0.867 bits per heavy atom. The smallest absolute Gasteiger partial charge is 0.0290 e. The summed E-state index contributed by atoms with van der Waals surface area (Å²) < 4.78 is 0. The summed E-state index contributed by atoms with van der Waals surface area (Å²) in [6, 6.07) is 0. The zero-order valence-electron chi connectivity index (χ0n) is 10.7. The first-order valence-corrected chi connectivity index (χ1v) is 6.55. The van der Waals surface area contributed by atoms with Crippen molar-refractivity contribution in [1.82, 2.24) is 0 Å². The lowest BCUT2D eigenvalue weighted by atomic mass is 10.1. The van der Waals surface area contributed by atoms with Crippen LogP contribution in [0.4, 0.5) is 0 Å². The van der Waals surface area contributed by atoms with Gasteiger partial charge in [0.15, 0.2) is 0 Å². The fraction of sp³-hybridized carbons (Fsp3) is 0.733. The Kier molecular flexibility index (Phi) is 11.2. The van der Waals surface area contributed by atoms with E-state index in [9.17, 15) is 0 Å². The molecule has 0 atom stereocenters. The minimum Gasteiger partial charge on any atom is -0.103 e. The lowest BCUT2D eigenvalue weighted by Crippen LogP contribution is -1.80. The summed E-state index contributed by atoms with van der Waals surface area (Å²) >= 11 is 0. The summed E-state index contributed by atoms with van der Waals surface area (Å²) in [4.78, 5) is 0. The quantitative estimate of drug-likeness (QED) is 0.328. The third kappa shape index (κ3) is 13.5. The maximum absolute atomic E-state index is 3.73. The molecule has 0 rings (SSSR count). The highest BCUT2D eigenvalue weighted by Gasteiger charge is 1.90. The third-order valence-corrected chi connectivity index (χ3v) is 2.55. The zero-order valence-corrected chi connectivity index (χ0v) is 10.7. The van der Waals surface area contributed by atoms with E-state index < -0.39 is 0 Å². The monoisotopic (exact) mass is 208 g/mol. The van der Waals surface area contributed by atoms with Crippen molar-refractivity contribution in [2.75, 3.05) is 0 Å². The van der Waals surface area contributed by atoms with Crippen LogP contribution in [-0.2, 0) is 0 Å². The highest BCUT2D eigenvalue weighted by atomic mass is 14.0. The second kappa shape index (κ2) is 11.6. The summed E-state index contributed by atoms with van der Waals surface area (Å²) in [6.45, 7) is 8.20. The maximum atomic E-state index is 3.73. The van der Waals surface area contributed by atoms with E-state index in [0.29, 0.717) is 5.92 Å². The number of hydrogen-bond donors (Lipinski definition) is 0. The zero-order chi connectivity index (χ0) is 11.4. The Morgan fingerprint density at radius 3 is 1.93 bits per heavy atom. The molecule has 0 bridgehead atoms. The second-order valence-electron chi connectivity index (χ2n) is 4.66. The van der Waals surface area contributed by atoms with Gasteiger partial charge in [0.05, 0.1) is 0 Å². The molecule has 0 aromatic rings. The van der Waals surface area contributed by atoms with Gasteiger partial charge in [0, 0.05) is 0 Å². The summed E-state index contributed by atoms with van der Waals surface area (Å²) in [6.07, 6.45) is 17.4. The van der Waals surface area contributed by atoms with Crippen LogP contribution in [0, 0.1) is 5.92 Å². The van der Waals surface area contributed by atoms with Crippen molar-refractivity contribution in [1.29, 1.82) is 0 Å². The number of hydrogen-bond acceptors (Lipinski definition) is 0. The van der Waals surface area contributed by atoms with Gasteiger partial charge in [-0.2, -0.15) is 0 Å². The van der Waals surface area contributed by atoms with Crippen LogP contribution in [0.25, 0.3) is 0 Å². The van der Waals surface area contributed by atoms with Gasteiger partial charge >= 0.3 is 0 Å². The van der Waals surface area contributed by atoms with Gasteiger partial charge in [0.1, 0.15) is 0 Å². The minimum absolute atomic E-state index is 0.712. The van der Waals surface area contributed by atoms with E-state index >= 15 is 0 Å². The summed E-state index contributed by atoms with van der Waals surface area (Å²) in [5.74, 6) is 0.712. The van der Waals surface area contributed by atoms with E-state index in [1.54, 1.807) is 0 Å². The van der Waals surface area contributed by atoms with Crippen LogP contribution in [0.15, 0.2) is 24.8 Å². The predicted octanol–water partition coefficient (Wildman–Crippen LogP) is 5.51. The van der Waals surface area contributed by atoms with E-state index in [1.807, 2.05) is 6.08 Å². The fourth-order valence-corrected chi connectivity index (χ4v) is 1.63. The average molecular weight is 208 g/mol. The highest BCUT2D eigenvalue weighted by molar-refractivity contribution is 4.83. The van der Waals surface area contributed by atoms with E-state index in [-0.39, 0.29) is 0 Å². The fourth-order valence-electron chi connectivity index (χ4n) is 1.63. The number of allylic oxidation sites excluding steroid dienone is 3. The van der Waals surface area contributed by atoms with Gasteiger partial charge in [-0.3, -0.25) is 0 Å². The molecule has 0 spiro atoms. The van der Waals surface area contributed by atoms with Gasteiger partial charge in [0.2, 0.25) is 0 Å². The van der Waals surface area contributed by atoms with Crippen LogP contribution in [0.5, 0.6) is 0 Å². The van der Waals surface area contributed by atoms with Crippen LogP contribution >= 0.6 is 0 Å².